The summed E-state index contributed by atoms with van der Waals surface area (Å²) in [6.07, 6.45) is 3.38. The van der Waals surface area contributed by atoms with Gasteiger partial charge >= 0.3 is 0 Å². The van der Waals surface area contributed by atoms with Crippen molar-refractivity contribution in [1.82, 2.24) is 9.88 Å². The lowest BCUT2D eigenvalue weighted by atomic mass is 9.65. The molecule has 0 spiro atoms. The maximum atomic E-state index is 13.3. The zero-order valence-corrected chi connectivity index (χ0v) is 16.3. The van der Waals surface area contributed by atoms with Gasteiger partial charge < -0.3 is 19.4 Å². The Morgan fingerprint density at radius 2 is 1.81 bits per heavy atom. The molecule has 1 aliphatic carbocycles. The number of H-pyrrole nitrogens is 1. The maximum absolute atomic E-state index is 13.3. The molecular formula is C21H28N2O3. The van der Waals surface area contributed by atoms with Crippen molar-refractivity contribution in [3.63, 3.8) is 0 Å². The van der Waals surface area contributed by atoms with Gasteiger partial charge in [-0.05, 0) is 42.2 Å². The van der Waals surface area contributed by atoms with Crippen LogP contribution in [0.3, 0.4) is 0 Å². The van der Waals surface area contributed by atoms with Gasteiger partial charge in [-0.15, -0.1) is 0 Å². The van der Waals surface area contributed by atoms with Crippen LogP contribution in [0.25, 0.3) is 10.9 Å². The van der Waals surface area contributed by atoms with E-state index in [1.807, 2.05) is 18.2 Å². The summed E-state index contributed by atoms with van der Waals surface area (Å²) in [5.74, 6) is 1.43. The van der Waals surface area contributed by atoms with Gasteiger partial charge in [-0.25, -0.2) is 0 Å². The number of aromatic amines is 1. The molecule has 1 aliphatic heterocycles. The zero-order valence-electron chi connectivity index (χ0n) is 16.3. The number of benzene rings is 1. The van der Waals surface area contributed by atoms with Crippen LogP contribution < -0.4 is 9.47 Å². The average molecular weight is 356 g/mol. The van der Waals surface area contributed by atoms with E-state index in [1.165, 1.54) is 6.42 Å². The summed E-state index contributed by atoms with van der Waals surface area (Å²) in [5, 5.41) is 0.958. The number of methoxy groups -OCH3 is 2. The molecule has 2 heterocycles. The first-order valence-corrected chi connectivity index (χ1v) is 9.29. The van der Waals surface area contributed by atoms with Gasteiger partial charge in [-0.3, -0.25) is 4.79 Å². The molecule has 1 aromatic heterocycles. The number of fused-ring (bicyclic) bond motifs is 3. The lowest BCUT2D eigenvalue weighted by Crippen LogP contribution is -2.37. The predicted molar refractivity (Wildman–Crippen MR) is 102 cm³/mol. The smallest absolute Gasteiger partial charge is 0.270 e. The fourth-order valence-electron chi connectivity index (χ4n) is 5.43. The second kappa shape index (κ2) is 5.66. The van der Waals surface area contributed by atoms with E-state index < -0.39 is 0 Å². The van der Waals surface area contributed by atoms with Gasteiger partial charge in [0, 0.05) is 29.6 Å². The van der Waals surface area contributed by atoms with Crippen LogP contribution in [-0.2, 0) is 0 Å². The number of hydrogen-bond donors (Lipinski definition) is 1. The summed E-state index contributed by atoms with van der Waals surface area (Å²) >= 11 is 0. The second-order valence-electron chi connectivity index (χ2n) is 9.12. The molecule has 140 valence electrons. The highest BCUT2D eigenvalue weighted by molar-refractivity contribution is 5.99. The van der Waals surface area contributed by atoms with E-state index in [-0.39, 0.29) is 11.3 Å². The van der Waals surface area contributed by atoms with Crippen LogP contribution in [0.15, 0.2) is 18.2 Å². The number of likely N-dealkylation sites (tertiary alicyclic amines) is 1. The van der Waals surface area contributed by atoms with Crippen molar-refractivity contribution in [2.45, 2.75) is 46.1 Å². The van der Waals surface area contributed by atoms with Crippen molar-refractivity contribution in [3.8, 4) is 11.5 Å². The molecule has 2 bridgehead atoms. The molecule has 0 unspecified atom stereocenters. The number of carbonyl (C=O) groups excluding carboxylic acids is 1. The predicted octanol–water partition coefficient (Wildman–Crippen LogP) is 4.23. The van der Waals surface area contributed by atoms with E-state index in [1.54, 1.807) is 14.2 Å². The fourth-order valence-corrected chi connectivity index (χ4v) is 5.43. The van der Waals surface area contributed by atoms with E-state index in [0.29, 0.717) is 28.6 Å². The molecule has 1 saturated carbocycles. The van der Waals surface area contributed by atoms with Crippen LogP contribution in [0, 0.1) is 10.8 Å². The van der Waals surface area contributed by atoms with Crippen molar-refractivity contribution in [1.29, 1.82) is 0 Å². The monoisotopic (exact) mass is 356 g/mol. The molecule has 0 radical (unpaired) electrons. The van der Waals surface area contributed by atoms with E-state index in [9.17, 15) is 4.79 Å². The first-order chi connectivity index (χ1) is 12.2. The van der Waals surface area contributed by atoms with Crippen molar-refractivity contribution in [2.24, 2.45) is 10.8 Å². The third-order valence-electron chi connectivity index (χ3n) is 6.03. The Hall–Kier alpha value is -2.17. The van der Waals surface area contributed by atoms with Crippen molar-refractivity contribution in [3.05, 3.63) is 23.9 Å². The Kier molecular flexibility index (Phi) is 3.76. The standard InChI is InChI=1S/C21H28N2O3/c1-20(2)9-14-10-21(3,11-20)12-23(14)19(24)16-6-13-7-17(25-4)18(26-5)8-15(13)22-16/h6-8,14,22H,9-12H2,1-5H3/t14-,21-/m0/s1. The molecular weight excluding hydrogens is 328 g/mol. The quantitative estimate of drug-likeness (QED) is 0.895. The number of carbonyl (C=O) groups is 1. The van der Waals surface area contributed by atoms with Crippen LogP contribution in [0.5, 0.6) is 11.5 Å². The van der Waals surface area contributed by atoms with Gasteiger partial charge in [0.25, 0.3) is 5.91 Å². The number of rotatable bonds is 3. The molecule has 1 N–H and O–H groups in total. The summed E-state index contributed by atoms with van der Waals surface area (Å²) in [7, 11) is 3.24. The van der Waals surface area contributed by atoms with Gasteiger partial charge in [-0.2, -0.15) is 0 Å². The van der Waals surface area contributed by atoms with Crippen molar-refractivity contribution < 1.29 is 14.3 Å². The van der Waals surface area contributed by atoms with Gasteiger partial charge in [0.1, 0.15) is 5.69 Å². The summed E-state index contributed by atoms with van der Waals surface area (Å²) in [5.41, 5.74) is 2.07. The first-order valence-electron chi connectivity index (χ1n) is 9.29. The maximum Gasteiger partial charge on any atom is 0.270 e. The van der Waals surface area contributed by atoms with Crippen LogP contribution in [0.4, 0.5) is 0 Å². The van der Waals surface area contributed by atoms with Gasteiger partial charge in [0.05, 0.1) is 14.2 Å². The minimum atomic E-state index is 0.102. The summed E-state index contributed by atoms with van der Waals surface area (Å²) in [6, 6.07) is 6.06. The van der Waals surface area contributed by atoms with E-state index in [0.717, 1.165) is 30.3 Å². The number of amides is 1. The number of hydrogen-bond acceptors (Lipinski definition) is 3. The zero-order chi connectivity index (χ0) is 18.7. The number of nitrogens with zero attached hydrogens (tertiary/aromatic N) is 1. The van der Waals surface area contributed by atoms with Crippen LogP contribution in [0.1, 0.15) is 50.5 Å². The molecule has 1 aromatic carbocycles. The third-order valence-corrected chi connectivity index (χ3v) is 6.03. The highest BCUT2D eigenvalue weighted by Crippen LogP contribution is 2.52. The lowest BCUT2D eigenvalue weighted by molar-refractivity contribution is 0.0703. The summed E-state index contributed by atoms with van der Waals surface area (Å²) < 4.78 is 10.7. The minimum absolute atomic E-state index is 0.102. The van der Waals surface area contributed by atoms with Gasteiger partial charge in [0.15, 0.2) is 11.5 Å². The van der Waals surface area contributed by atoms with E-state index in [4.69, 9.17) is 9.47 Å². The van der Waals surface area contributed by atoms with Crippen LogP contribution >= 0.6 is 0 Å². The molecule has 2 aromatic rings. The van der Waals surface area contributed by atoms with Crippen LogP contribution in [0.2, 0.25) is 0 Å². The number of nitrogens with one attached hydrogen (secondary N) is 1. The number of ether oxygens (including phenoxy) is 2. The fraction of sp³-hybridized carbons (Fsp3) is 0.571. The van der Waals surface area contributed by atoms with Crippen molar-refractivity contribution in [2.75, 3.05) is 20.8 Å². The molecule has 1 saturated heterocycles. The average Bonchev–Trinajstić information content (AvgIpc) is 3.09. The first kappa shape index (κ1) is 17.3. The van der Waals surface area contributed by atoms with Crippen LogP contribution in [-0.4, -0.2) is 42.6 Å². The molecule has 2 atom stereocenters. The molecule has 2 fully saturated rings. The molecule has 2 aliphatic rings. The normalized spacial score (nSPS) is 27.0. The number of aromatic nitrogens is 1. The Balaban J connectivity index is 1.67. The third kappa shape index (κ3) is 2.74. The Morgan fingerprint density at radius 1 is 1.12 bits per heavy atom. The topological polar surface area (TPSA) is 54.6 Å². The molecule has 5 nitrogen and oxygen atoms in total. The summed E-state index contributed by atoms with van der Waals surface area (Å²) in [6.45, 7) is 7.83. The van der Waals surface area contributed by atoms with E-state index >= 15 is 0 Å². The summed E-state index contributed by atoms with van der Waals surface area (Å²) in [4.78, 5) is 18.6. The molecule has 4 rings (SSSR count). The van der Waals surface area contributed by atoms with Gasteiger partial charge in [-0.1, -0.05) is 20.8 Å². The largest absolute Gasteiger partial charge is 0.493 e. The highest BCUT2D eigenvalue weighted by atomic mass is 16.5. The Labute approximate surface area is 154 Å². The molecule has 5 heteroatoms. The lowest BCUT2D eigenvalue weighted by Gasteiger charge is -2.39. The van der Waals surface area contributed by atoms with Gasteiger partial charge in [0.2, 0.25) is 0 Å². The van der Waals surface area contributed by atoms with E-state index in [2.05, 4.69) is 30.7 Å². The Morgan fingerprint density at radius 3 is 2.50 bits per heavy atom. The molecule has 26 heavy (non-hydrogen) atoms. The second-order valence-corrected chi connectivity index (χ2v) is 9.12. The SMILES string of the molecule is COc1cc2cc(C(=O)N3C[C@@]4(C)C[C@@H]3CC(C)(C)C4)[nH]c2cc1OC. The highest BCUT2D eigenvalue weighted by Gasteiger charge is 2.51. The molecule has 1 amide bonds. The Bertz CT molecular complexity index is 829. The van der Waals surface area contributed by atoms with Crippen molar-refractivity contribution >= 4 is 16.8 Å². The minimum Gasteiger partial charge on any atom is -0.493 e.